The number of hydrogen-bond donors (Lipinski definition) is 1. The zero-order valence-electron chi connectivity index (χ0n) is 12.2. The number of benzene rings is 1. The van der Waals surface area contributed by atoms with Gasteiger partial charge in [-0.3, -0.25) is 0 Å². The van der Waals surface area contributed by atoms with Crippen LogP contribution in [0.25, 0.3) is 5.65 Å². The lowest BCUT2D eigenvalue weighted by molar-refractivity contribution is 0.407. The number of hydrogen-bond acceptors (Lipinski definition) is 4. The molecule has 0 aliphatic heterocycles. The van der Waals surface area contributed by atoms with Gasteiger partial charge in [-0.2, -0.15) is 5.10 Å². The van der Waals surface area contributed by atoms with Gasteiger partial charge in [0.2, 0.25) is 0 Å². The van der Waals surface area contributed by atoms with E-state index in [1.54, 1.807) is 7.11 Å². The number of aryl methyl sites for hydroxylation is 1. The van der Waals surface area contributed by atoms with E-state index in [0.29, 0.717) is 0 Å². The fraction of sp³-hybridized carbons (Fsp3) is 0.250. The summed E-state index contributed by atoms with van der Waals surface area (Å²) in [5, 5.41) is 7.78. The maximum absolute atomic E-state index is 5.34. The fourth-order valence-corrected chi connectivity index (χ4v) is 2.32. The number of fused-ring (bicyclic) bond motifs is 1. The predicted octanol–water partition coefficient (Wildman–Crippen LogP) is 2.34. The molecule has 0 bridgehead atoms. The Morgan fingerprint density at radius 2 is 2.10 bits per heavy atom. The molecule has 3 aromatic rings. The second-order valence-corrected chi connectivity index (χ2v) is 4.97. The van der Waals surface area contributed by atoms with Crippen molar-refractivity contribution >= 4 is 5.65 Å². The van der Waals surface area contributed by atoms with E-state index >= 15 is 0 Å². The molecule has 1 aromatic carbocycles. The number of rotatable bonds is 5. The maximum atomic E-state index is 5.34. The molecule has 0 amide bonds. The zero-order chi connectivity index (χ0) is 14.7. The van der Waals surface area contributed by atoms with Crippen molar-refractivity contribution in [1.29, 1.82) is 0 Å². The fourth-order valence-electron chi connectivity index (χ4n) is 2.32. The summed E-state index contributed by atoms with van der Waals surface area (Å²) < 4.78 is 7.16. The van der Waals surface area contributed by atoms with Crippen LogP contribution in [0.3, 0.4) is 0 Å². The Morgan fingerprint density at radius 1 is 1.24 bits per heavy atom. The lowest BCUT2D eigenvalue weighted by Gasteiger charge is -2.09. The zero-order valence-corrected chi connectivity index (χ0v) is 12.2. The van der Waals surface area contributed by atoms with Crippen LogP contribution in [-0.4, -0.2) is 21.7 Å². The molecule has 0 radical (unpaired) electrons. The summed E-state index contributed by atoms with van der Waals surface area (Å²) in [6.45, 7) is 3.45. The van der Waals surface area contributed by atoms with E-state index in [1.807, 2.05) is 48.1 Å². The van der Waals surface area contributed by atoms with E-state index in [1.165, 1.54) is 0 Å². The molecule has 5 nitrogen and oxygen atoms in total. The highest BCUT2D eigenvalue weighted by molar-refractivity contribution is 5.39. The first-order valence-electron chi connectivity index (χ1n) is 6.90. The molecule has 0 saturated heterocycles. The SMILES string of the molecule is COc1ccccc1CNCc1cnc2cc(C)nn2c1. The molecule has 0 aliphatic carbocycles. The third kappa shape index (κ3) is 3.03. The predicted molar refractivity (Wildman–Crippen MR) is 81.3 cm³/mol. The monoisotopic (exact) mass is 282 g/mol. The third-order valence-electron chi connectivity index (χ3n) is 3.33. The Hall–Kier alpha value is -2.40. The van der Waals surface area contributed by atoms with Crippen LogP contribution in [0.4, 0.5) is 0 Å². The van der Waals surface area contributed by atoms with Crippen molar-refractivity contribution in [3.8, 4) is 5.75 Å². The summed E-state index contributed by atoms with van der Waals surface area (Å²) >= 11 is 0. The van der Waals surface area contributed by atoms with Gasteiger partial charge < -0.3 is 10.1 Å². The van der Waals surface area contributed by atoms with E-state index in [4.69, 9.17) is 4.74 Å². The molecule has 21 heavy (non-hydrogen) atoms. The quantitative estimate of drug-likeness (QED) is 0.780. The smallest absolute Gasteiger partial charge is 0.155 e. The van der Waals surface area contributed by atoms with Crippen molar-refractivity contribution in [2.24, 2.45) is 0 Å². The number of nitrogens with zero attached hydrogens (tertiary/aromatic N) is 3. The van der Waals surface area contributed by atoms with Crippen LogP contribution in [0.15, 0.2) is 42.7 Å². The van der Waals surface area contributed by atoms with Crippen molar-refractivity contribution in [3.05, 3.63) is 59.5 Å². The summed E-state index contributed by atoms with van der Waals surface area (Å²) in [6.07, 6.45) is 3.89. The molecule has 0 saturated carbocycles. The molecule has 108 valence electrons. The molecule has 1 N–H and O–H groups in total. The van der Waals surface area contributed by atoms with Gasteiger partial charge in [0.1, 0.15) is 5.75 Å². The van der Waals surface area contributed by atoms with Crippen LogP contribution in [0, 0.1) is 6.92 Å². The molecule has 0 aliphatic rings. The van der Waals surface area contributed by atoms with Crippen LogP contribution in [0.5, 0.6) is 5.75 Å². The number of nitrogens with one attached hydrogen (secondary N) is 1. The number of ether oxygens (including phenoxy) is 1. The lowest BCUT2D eigenvalue weighted by Crippen LogP contribution is -2.14. The Balaban J connectivity index is 1.66. The summed E-state index contributed by atoms with van der Waals surface area (Å²) in [4.78, 5) is 4.40. The van der Waals surface area contributed by atoms with Crippen molar-refractivity contribution in [3.63, 3.8) is 0 Å². The van der Waals surface area contributed by atoms with Crippen molar-refractivity contribution in [2.75, 3.05) is 7.11 Å². The minimum atomic E-state index is 0.736. The van der Waals surface area contributed by atoms with E-state index in [0.717, 1.165) is 41.3 Å². The van der Waals surface area contributed by atoms with Gasteiger partial charge in [0.05, 0.1) is 12.8 Å². The normalized spacial score (nSPS) is 11.0. The Morgan fingerprint density at radius 3 is 2.95 bits per heavy atom. The van der Waals surface area contributed by atoms with E-state index in [-0.39, 0.29) is 0 Å². The van der Waals surface area contributed by atoms with Gasteiger partial charge in [-0.05, 0) is 13.0 Å². The van der Waals surface area contributed by atoms with E-state index in [2.05, 4.69) is 21.5 Å². The van der Waals surface area contributed by atoms with Crippen molar-refractivity contribution in [1.82, 2.24) is 19.9 Å². The first kappa shape index (κ1) is 13.6. The minimum Gasteiger partial charge on any atom is -0.496 e. The maximum Gasteiger partial charge on any atom is 0.155 e. The van der Waals surface area contributed by atoms with Gasteiger partial charge in [-0.25, -0.2) is 9.50 Å². The molecule has 0 atom stereocenters. The van der Waals surface area contributed by atoms with Gasteiger partial charge in [0.25, 0.3) is 0 Å². The molecule has 5 heteroatoms. The Labute approximate surface area is 123 Å². The largest absolute Gasteiger partial charge is 0.496 e. The summed E-state index contributed by atoms with van der Waals surface area (Å²) in [5.74, 6) is 0.904. The average molecular weight is 282 g/mol. The Bertz CT molecular complexity index is 751. The van der Waals surface area contributed by atoms with Gasteiger partial charge >= 0.3 is 0 Å². The van der Waals surface area contributed by atoms with E-state index < -0.39 is 0 Å². The molecular weight excluding hydrogens is 264 g/mol. The Kier molecular flexibility index (Phi) is 3.83. The second kappa shape index (κ2) is 5.93. The average Bonchev–Trinajstić information content (AvgIpc) is 2.87. The van der Waals surface area contributed by atoms with Crippen LogP contribution >= 0.6 is 0 Å². The second-order valence-electron chi connectivity index (χ2n) is 4.97. The van der Waals surface area contributed by atoms with Crippen LogP contribution in [0.2, 0.25) is 0 Å². The molecule has 0 spiro atoms. The highest BCUT2D eigenvalue weighted by Crippen LogP contribution is 2.16. The molecule has 0 fully saturated rings. The number of aromatic nitrogens is 3. The summed E-state index contributed by atoms with van der Waals surface area (Å²) in [7, 11) is 1.69. The van der Waals surface area contributed by atoms with E-state index in [9.17, 15) is 0 Å². The van der Waals surface area contributed by atoms with Gasteiger partial charge in [0, 0.05) is 42.7 Å². The molecule has 0 unspecified atom stereocenters. The lowest BCUT2D eigenvalue weighted by atomic mass is 10.2. The van der Waals surface area contributed by atoms with Gasteiger partial charge in [-0.15, -0.1) is 0 Å². The summed E-state index contributed by atoms with van der Waals surface area (Å²) in [5.41, 5.74) is 4.09. The molecule has 3 rings (SSSR count). The molecule has 2 heterocycles. The standard InChI is InChI=1S/C16H18N4O/c1-12-7-16-18-9-13(11-20(16)19-12)8-17-10-14-5-3-4-6-15(14)21-2/h3-7,9,11,17H,8,10H2,1-2H3. The van der Waals surface area contributed by atoms with Gasteiger partial charge in [-0.1, -0.05) is 18.2 Å². The van der Waals surface area contributed by atoms with Gasteiger partial charge in [0.15, 0.2) is 5.65 Å². The highest BCUT2D eigenvalue weighted by atomic mass is 16.5. The van der Waals surface area contributed by atoms with Crippen LogP contribution in [-0.2, 0) is 13.1 Å². The topological polar surface area (TPSA) is 51.5 Å². The highest BCUT2D eigenvalue weighted by Gasteiger charge is 2.03. The molecular formula is C16H18N4O. The number of methoxy groups -OCH3 is 1. The van der Waals surface area contributed by atoms with Crippen LogP contribution < -0.4 is 10.1 Å². The number of para-hydroxylation sites is 1. The van der Waals surface area contributed by atoms with Crippen molar-refractivity contribution < 1.29 is 4.74 Å². The third-order valence-corrected chi connectivity index (χ3v) is 3.33. The first-order chi connectivity index (χ1) is 10.3. The molecule has 2 aromatic heterocycles. The first-order valence-corrected chi connectivity index (χ1v) is 6.90. The van der Waals surface area contributed by atoms with Crippen LogP contribution in [0.1, 0.15) is 16.8 Å². The van der Waals surface area contributed by atoms with Crippen molar-refractivity contribution in [2.45, 2.75) is 20.0 Å². The summed E-state index contributed by atoms with van der Waals surface area (Å²) in [6, 6.07) is 9.98. The minimum absolute atomic E-state index is 0.736.